The van der Waals surface area contributed by atoms with Gasteiger partial charge in [0.25, 0.3) is 0 Å². The van der Waals surface area contributed by atoms with Gasteiger partial charge in [0.15, 0.2) is 0 Å². The van der Waals surface area contributed by atoms with Crippen molar-refractivity contribution in [2.24, 2.45) is 0 Å². The van der Waals surface area contributed by atoms with Gasteiger partial charge in [-0.3, -0.25) is 0 Å². The molecule has 1 N–H and O–H groups in total. The summed E-state index contributed by atoms with van der Waals surface area (Å²) in [7, 11) is 0. The van der Waals surface area contributed by atoms with E-state index >= 15 is 0 Å². The van der Waals surface area contributed by atoms with Gasteiger partial charge in [-0.05, 0) is 40.9 Å². The molecule has 1 nitrogen and oxygen atoms in total. The van der Waals surface area contributed by atoms with Crippen molar-refractivity contribution < 1.29 is 9.22 Å². The van der Waals surface area contributed by atoms with Crippen molar-refractivity contribution in [3.05, 3.63) is 41.0 Å². The van der Waals surface area contributed by atoms with Crippen LogP contribution in [0.3, 0.4) is 0 Å². The molecule has 0 aliphatic rings. The van der Waals surface area contributed by atoms with Gasteiger partial charge in [0.2, 0.25) is 0 Å². The van der Waals surface area contributed by atoms with Crippen LogP contribution in [0.15, 0.2) is 24.3 Å². The van der Waals surface area contributed by atoms with E-state index in [2.05, 4.69) is 5.92 Å². The van der Waals surface area contributed by atoms with Crippen molar-refractivity contribution >= 4 is 10.8 Å². The summed E-state index contributed by atoms with van der Waals surface area (Å²) in [5.41, 5.74) is 1.14. The highest BCUT2D eigenvalue weighted by atomic mass is 16.3. The minimum atomic E-state index is -2.26. The number of rotatable bonds is 0. The first kappa shape index (κ1) is 9.05. The molecule has 2 rings (SSSR count). The van der Waals surface area contributed by atoms with E-state index in [0.29, 0.717) is 5.56 Å². The Morgan fingerprint density at radius 2 is 2.00 bits per heavy atom. The minimum Gasteiger partial charge on any atom is -0.508 e. The number of hydrogen-bond acceptors (Lipinski definition) is 1. The molecule has 92 valence electrons. The quantitative estimate of drug-likeness (QED) is 0.687. The zero-order chi connectivity index (χ0) is 16.0. The Balaban J connectivity index is 3.02. The Kier molecular flexibility index (Phi) is 2.04. The lowest BCUT2D eigenvalue weighted by Crippen LogP contribution is -2.12. The molecule has 0 aromatic heterocycles. The van der Waals surface area contributed by atoms with Crippen molar-refractivity contribution in [3.8, 4) is 18.1 Å². The zero-order valence-corrected chi connectivity index (χ0v) is 10.8. The molecule has 0 amide bonds. The predicted octanol–water partition coefficient (Wildman–Crippen LogP) is 4.13. The molecule has 0 radical (unpaired) electrons. The van der Waals surface area contributed by atoms with Gasteiger partial charge in [-0.15, -0.1) is 6.42 Å². The number of hydrogen-bond donors (Lipinski definition) is 1. The number of benzene rings is 2. The number of terminal acetylenes is 1. The second-order valence-electron chi connectivity index (χ2n) is 5.47. The van der Waals surface area contributed by atoms with Crippen LogP contribution >= 0.6 is 0 Å². The second-order valence-corrected chi connectivity index (χ2v) is 5.47. The number of phenols is 1. The Morgan fingerprint density at radius 1 is 1.28 bits per heavy atom. The molecule has 0 aliphatic heterocycles. The fourth-order valence-corrected chi connectivity index (χ4v) is 2.19. The number of phenolic OH excluding ortho intramolecular Hbond substituents is 1. The fourth-order valence-electron chi connectivity index (χ4n) is 2.19. The molecular formula is C17H18O. The van der Waals surface area contributed by atoms with Crippen LogP contribution in [-0.4, -0.2) is 5.11 Å². The molecule has 0 fully saturated rings. The summed E-state index contributed by atoms with van der Waals surface area (Å²) in [6.45, 7) is 3.75. The SMILES string of the molecule is [2H]C([2H])([2H])c1ccc2cc(O)cc(C(C)(C)C)c2c1C#C. The average Bonchev–Trinajstić information content (AvgIpc) is 2.33. The normalized spacial score (nSPS) is 14.7. The topological polar surface area (TPSA) is 20.2 Å². The highest BCUT2D eigenvalue weighted by Crippen LogP contribution is 2.36. The van der Waals surface area contributed by atoms with E-state index in [-0.39, 0.29) is 16.7 Å². The van der Waals surface area contributed by atoms with Crippen LogP contribution in [0.2, 0.25) is 0 Å². The van der Waals surface area contributed by atoms with Crippen LogP contribution in [-0.2, 0) is 5.41 Å². The number of fused-ring (bicyclic) bond motifs is 1. The van der Waals surface area contributed by atoms with Crippen LogP contribution in [0, 0.1) is 19.2 Å². The maximum absolute atomic E-state index is 9.90. The standard InChI is InChI=1S/C17H18O/c1-6-14-11(2)7-8-12-9-13(18)10-15(16(12)14)17(3,4)5/h1,7-10,18H,2-5H3/i2D3. The van der Waals surface area contributed by atoms with Crippen molar-refractivity contribution in [1.82, 2.24) is 0 Å². The summed E-state index contributed by atoms with van der Waals surface area (Å²) < 4.78 is 22.9. The molecule has 0 saturated carbocycles. The van der Waals surface area contributed by atoms with Crippen LogP contribution in [0.25, 0.3) is 10.8 Å². The summed E-state index contributed by atoms with van der Waals surface area (Å²) in [4.78, 5) is 0. The zero-order valence-electron chi connectivity index (χ0n) is 13.8. The largest absolute Gasteiger partial charge is 0.508 e. The number of aryl methyl sites for hydroxylation is 1. The van der Waals surface area contributed by atoms with Gasteiger partial charge in [-0.2, -0.15) is 0 Å². The van der Waals surface area contributed by atoms with Gasteiger partial charge < -0.3 is 5.11 Å². The molecular weight excluding hydrogens is 220 g/mol. The highest BCUT2D eigenvalue weighted by molar-refractivity contribution is 5.94. The minimum absolute atomic E-state index is 0.150. The lowest BCUT2D eigenvalue weighted by Gasteiger charge is -2.23. The van der Waals surface area contributed by atoms with Gasteiger partial charge in [0.05, 0.1) is 0 Å². The van der Waals surface area contributed by atoms with Gasteiger partial charge in [-0.1, -0.05) is 38.8 Å². The smallest absolute Gasteiger partial charge is 0.116 e. The van der Waals surface area contributed by atoms with E-state index in [1.165, 1.54) is 6.07 Å². The van der Waals surface area contributed by atoms with Gasteiger partial charge in [0, 0.05) is 15.1 Å². The van der Waals surface area contributed by atoms with E-state index < -0.39 is 6.85 Å². The van der Waals surface area contributed by atoms with E-state index in [9.17, 15) is 5.11 Å². The fraction of sp³-hybridized carbons (Fsp3) is 0.294. The van der Waals surface area contributed by atoms with E-state index in [4.69, 9.17) is 10.5 Å². The summed E-state index contributed by atoms with van der Waals surface area (Å²) >= 11 is 0. The third-order valence-corrected chi connectivity index (χ3v) is 3.05. The Hall–Kier alpha value is -1.94. The first-order valence-corrected chi connectivity index (χ1v) is 5.83. The first-order valence-electron chi connectivity index (χ1n) is 7.33. The van der Waals surface area contributed by atoms with Crippen LogP contribution in [0.1, 0.15) is 41.6 Å². The molecule has 1 heteroatoms. The lowest BCUT2D eigenvalue weighted by molar-refractivity contribution is 0.472. The third kappa shape index (κ3) is 1.95. The summed E-state index contributed by atoms with van der Waals surface area (Å²) in [5, 5.41) is 11.4. The van der Waals surface area contributed by atoms with Crippen molar-refractivity contribution in [2.75, 3.05) is 0 Å². The summed E-state index contributed by atoms with van der Waals surface area (Å²) in [6.07, 6.45) is 5.60. The Bertz CT molecular complexity index is 744. The molecule has 2 aromatic rings. The van der Waals surface area contributed by atoms with Gasteiger partial charge >= 0.3 is 0 Å². The molecule has 0 unspecified atom stereocenters. The molecule has 0 aliphatic carbocycles. The van der Waals surface area contributed by atoms with E-state index in [1.54, 1.807) is 18.2 Å². The van der Waals surface area contributed by atoms with E-state index in [1.807, 2.05) is 20.8 Å². The van der Waals surface area contributed by atoms with Crippen LogP contribution in [0.4, 0.5) is 0 Å². The Morgan fingerprint density at radius 3 is 2.56 bits per heavy atom. The monoisotopic (exact) mass is 241 g/mol. The Labute approximate surface area is 113 Å². The maximum Gasteiger partial charge on any atom is 0.116 e. The van der Waals surface area contributed by atoms with Crippen molar-refractivity contribution in [3.63, 3.8) is 0 Å². The molecule has 0 saturated heterocycles. The number of aromatic hydroxyl groups is 1. The third-order valence-electron chi connectivity index (χ3n) is 3.05. The van der Waals surface area contributed by atoms with Gasteiger partial charge in [-0.25, -0.2) is 0 Å². The molecule has 0 atom stereocenters. The molecule has 0 bridgehead atoms. The van der Waals surface area contributed by atoms with Crippen LogP contribution < -0.4 is 0 Å². The molecule has 18 heavy (non-hydrogen) atoms. The summed E-state index contributed by atoms with van der Waals surface area (Å²) in [6, 6.07) is 6.49. The maximum atomic E-state index is 9.90. The van der Waals surface area contributed by atoms with Crippen molar-refractivity contribution in [2.45, 2.75) is 33.0 Å². The molecule has 2 aromatic carbocycles. The molecule has 0 spiro atoms. The van der Waals surface area contributed by atoms with Crippen LogP contribution in [0.5, 0.6) is 5.75 Å². The lowest BCUT2D eigenvalue weighted by atomic mass is 9.81. The van der Waals surface area contributed by atoms with E-state index in [0.717, 1.165) is 16.3 Å². The molecule has 0 heterocycles. The van der Waals surface area contributed by atoms with Crippen molar-refractivity contribution in [1.29, 1.82) is 0 Å². The average molecular weight is 241 g/mol. The highest BCUT2D eigenvalue weighted by Gasteiger charge is 2.20. The van der Waals surface area contributed by atoms with Gasteiger partial charge in [0.1, 0.15) is 5.75 Å². The second kappa shape index (κ2) is 4.07. The summed E-state index contributed by atoms with van der Waals surface area (Å²) in [5.74, 6) is 2.69. The first-order chi connectivity index (χ1) is 9.55. The predicted molar refractivity (Wildman–Crippen MR) is 77.0 cm³/mol.